The number of hydrogen-bond acceptors (Lipinski definition) is 4. The predicted octanol–water partition coefficient (Wildman–Crippen LogP) is 1.63. The SMILES string of the molecule is O=C(CN1CCCC1c1ccncn1)N1CCCCC1. The van der Waals surface area contributed by atoms with Crippen LogP contribution in [-0.4, -0.2) is 51.9 Å². The van der Waals surface area contributed by atoms with E-state index in [2.05, 4.69) is 14.9 Å². The zero-order valence-electron chi connectivity index (χ0n) is 11.9. The summed E-state index contributed by atoms with van der Waals surface area (Å²) >= 11 is 0. The van der Waals surface area contributed by atoms with E-state index in [9.17, 15) is 4.79 Å². The molecule has 2 aliphatic heterocycles. The van der Waals surface area contributed by atoms with Gasteiger partial charge >= 0.3 is 0 Å². The van der Waals surface area contributed by atoms with Crippen molar-refractivity contribution in [1.82, 2.24) is 19.8 Å². The second-order valence-electron chi connectivity index (χ2n) is 5.70. The fourth-order valence-electron chi connectivity index (χ4n) is 3.27. The van der Waals surface area contributed by atoms with Gasteiger partial charge in [0.25, 0.3) is 0 Å². The lowest BCUT2D eigenvalue weighted by atomic mass is 10.1. The first-order valence-corrected chi connectivity index (χ1v) is 7.62. The van der Waals surface area contributed by atoms with E-state index in [4.69, 9.17) is 0 Å². The summed E-state index contributed by atoms with van der Waals surface area (Å²) in [6, 6.07) is 2.25. The summed E-state index contributed by atoms with van der Waals surface area (Å²) in [6.45, 7) is 3.40. The zero-order chi connectivity index (χ0) is 13.8. The molecule has 3 heterocycles. The van der Waals surface area contributed by atoms with Crippen molar-refractivity contribution in [1.29, 1.82) is 0 Å². The number of carbonyl (C=O) groups excluding carboxylic acids is 1. The van der Waals surface area contributed by atoms with Crippen LogP contribution < -0.4 is 0 Å². The Morgan fingerprint density at radius 2 is 2.05 bits per heavy atom. The zero-order valence-corrected chi connectivity index (χ0v) is 11.9. The molecule has 2 aliphatic rings. The summed E-state index contributed by atoms with van der Waals surface area (Å²) in [5.41, 5.74) is 1.05. The first kappa shape index (κ1) is 13.5. The van der Waals surface area contributed by atoms with Crippen molar-refractivity contribution in [3.63, 3.8) is 0 Å². The lowest BCUT2D eigenvalue weighted by Crippen LogP contribution is -2.42. The minimum absolute atomic E-state index is 0.283. The van der Waals surface area contributed by atoms with Crippen LogP contribution in [0.2, 0.25) is 0 Å². The van der Waals surface area contributed by atoms with E-state index in [0.717, 1.165) is 51.0 Å². The third-order valence-corrected chi connectivity index (χ3v) is 4.36. The Morgan fingerprint density at radius 1 is 1.20 bits per heavy atom. The van der Waals surface area contributed by atoms with E-state index in [1.54, 1.807) is 12.5 Å². The fourth-order valence-corrected chi connectivity index (χ4v) is 3.27. The minimum Gasteiger partial charge on any atom is -0.342 e. The highest BCUT2D eigenvalue weighted by Gasteiger charge is 2.30. The molecular formula is C15H22N4O. The van der Waals surface area contributed by atoms with Gasteiger partial charge < -0.3 is 4.90 Å². The molecule has 1 aromatic rings. The van der Waals surface area contributed by atoms with Crippen molar-refractivity contribution in [2.75, 3.05) is 26.2 Å². The summed E-state index contributed by atoms with van der Waals surface area (Å²) in [5, 5.41) is 0. The molecule has 1 aromatic heterocycles. The van der Waals surface area contributed by atoms with Crippen molar-refractivity contribution in [2.24, 2.45) is 0 Å². The highest BCUT2D eigenvalue weighted by atomic mass is 16.2. The van der Waals surface area contributed by atoms with Gasteiger partial charge in [-0.3, -0.25) is 9.69 Å². The summed E-state index contributed by atoms with van der Waals surface area (Å²) in [7, 11) is 0. The van der Waals surface area contributed by atoms with Crippen molar-refractivity contribution in [3.8, 4) is 0 Å². The van der Waals surface area contributed by atoms with Crippen molar-refractivity contribution >= 4 is 5.91 Å². The van der Waals surface area contributed by atoms with Crippen LogP contribution in [0.1, 0.15) is 43.8 Å². The van der Waals surface area contributed by atoms with Gasteiger partial charge in [-0.15, -0.1) is 0 Å². The van der Waals surface area contributed by atoms with Crippen LogP contribution in [0.5, 0.6) is 0 Å². The van der Waals surface area contributed by atoms with Gasteiger partial charge in [-0.2, -0.15) is 0 Å². The summed E-state index contributed by atoms with van der Waals surface area (Å²) in [5.74, 6) is 0.283. The fraction of sp³-hybridized carbons (Fsp3) is 0.667. The van der Waals surface area contributed by atoms with E-state index >= 15 is 0 Å². The lowest BCUT2D eigenvalue weighted by molar-refractivity contribution is -0.133. The van der Waals surface area contributed by atoms with E-state index in [1.165, 1.54) is 6.42 Å². The molecule has 0 aliphatic carbocycles. The Hall–Kier alpha value is -1.49. The van der Waals surface area contributed by atoms with Crippen LogP contribution in [0.4, 0.5) is 0 Å². The summed E-state index contributed by atoms with van der Waals surface area (Å²) in [4.78, 5) is 25.0. The molecule has 1 unspecified atom stereocenters. The van der Waals surface area contributed by atoms with Gasteiger partial charge in [0.05, 0.1) is 18.3 Å². The van der Waals surface area contributed by atoms with Crippen LogP contribution >= 0.6 is 0 Å². The van der Waals surface area contributed by atoms with Gasteiger partial charge in [-0.05, 0) is 44.7 Å². The monoisotopic (exact) mass is 274 g/mol. The van der Waals surface area contributed by atoms with Crippen LogP contribution in [0.15, 0.2) is 18.6 Å². The molecule has 5 heteroatoms. The Labute approximate surface area is 120 Å². The van der Waals surface area contributed by atoms with Crippen LogP contribution in [-0.2, 0) is 4.79 Å². The number of nitrogens with zero attached hydrogens (tertiary/aromatic N) is 4. The maximum atomic E-state index is 12.4. The second-order valence-corrected chi connectivity index (χ2v) is 5.70. The molecule has 0 N–H and O–H groups in total. The number of amides is 1. The van der Waals surface area contributed by atoms with Gasteiger partial charge in [-0.1, -0.05) is 0 Å². The lowest BCUT2D eigenvalue weighted by Gasteiger charge is -2.30. The third kappa shape index (κ3) is 2.98. The molecule has 108 valence electrons. The Bertz CT molecular complexity index is 444. The van der Waals surface area contributed by atoms with Crippen LogP contribution in [0.25, 0.3) is 0 Å². The summed E-state index contributed by atoms with van der Waals surface area (Å²) in [6.07, 6.45) is 9.18. The largest absolute Gasteiger partial charge is 0.342 e. The number of rotatable bonds is 3. The maximum Gasteiger partial charge on any atom is 0.236 e. The molecule has 0 saturated carbocycles. The first-order valence-electron chi connectivity index (χ1n) is 7.62. The van der Waals surface area contributed by atoms with Gasteiger partial charge in [0.2, 0.25) is 5.91 Å². The first-order chi connectivity index (χ1) is 9.84. The second kappa shape index (κ2) is 6.31. The molecule has 1 atom stereocenters. The smallest absolute Gasteiger partial charge is 0.236 e. The number of aromatic nitrogens is 2. The van der Waals surface area contributed by atoms with Crippen molar-refractivity contribution in [2.45, 2.75) is 38.1 Å². The highest BCUT2D eigenvalue weighted by molar-refractivity contribution is 5.78. The number of hydrogen-bond donors (Lipinski definition) is 0. The van der Waals surface area contributed by atoms with Crippen molar-refractivity contribution < 1.29 is 4.79 Å². The Balaban J connectivity index is 1.62. The standard InChI is InChI=1S/C15H22N4O/c20-15(18-8-2-1-3-9-18)11-19-10-4-5-14(19)13-6-7-16-12-17-13/h6-7,12,14H,1-5,8-11H2. The molecule has 2 fully saturated rings. The Morgan fingerprint density at radius 3 is 2.80 bits per heavy atom. The normalized spacial score (nSPS) is 24.0. The highest BCUT2D eigenvalue weighted by Crippen LogP contribution is 2.30. The quantitative estimate of drug-likeness (QED) is 0.840. The maximum absolute atomic E-state index is 12.4. The molecule has 20 heavy (non-hydrogen) atoms. The van der Waals surface area contributed by atoms with Gasteiger partial charge in [0.15, 0.2) is 0 Å². The molecule has 3 rings (SSSR count). The van der Waals surface area contributed by atoms with Gasteiger partial charge in [0, 0.05) is 19.3 Å². The average Bonchev–Trinajstić information content (AvgIpc) is 2.97. The third-order valence-electron chi connectivity index (χ3n) is 4.36. The number of carbonyl (C=O) groups is 1. The molecule has 0 spiro atoms. The molecule has 0 radical (unpaired) electrons. The molecule has 2 saturated heterocycles. The topological polar surface area (TPSA) is 49.3 Å². The summed E-state index contributed by atoms with van der Waals surface area (Å²) < 4.78 is 0. The predicted molar refractivity (Wildman–Crippen MR) is 76.0 cm³/mol. The van der Waals surface area contributed by atoms with E-state index in [1.807, 2.05) is 11.0 Å². The molecule has 5 nitrogen and oxygen atoms in total. The molecular weight excluding hydrogens is 252 g/mol. The van der Waals surface area contributed by atoms with Crippen molar-refractivity contribution in [3.05, 3.63) is 24.3 Å². The van der Waals surface area contributed by atoms with Gasteiger partial charge in [0.1, 0.15) is 6.33 Å². The number of likely N-dealkylation sites (tertiary alicyclic amines) is 2. The molecule has 0 bridgehead atoms. The van der Waals surface area contributed by atoms with E-state index < -0.39 is 0 Å². The van der Waals surface area contributed by atoms with Crippen LogP contribution in [0, 0.1) is 0 Å². The average molecular weight is 274 g/mol. The molecule has 0 aromatic carbocycles. The Kier molecular flexibility index (Phi) is 4.25. The van der Waals surface area contributed by atoms with E-state index in [-0.39, 0.29) is 11.9 Å². The molecule has 1 amide bonds. The van der Waals surface area contributed by atoms with Gasteiger partial charge in [-0.25, -0.2) is 9.97 Å². The van der Waals surface area contributed by atoms with Crippen LogP contribution in [0.3, 0.4) is 0 Å². The minimum atomic E-state index is 0.283. The number of piperidine rings is 1. The van der Waals surface area contributed by atoms with E-state index in [0.29, 0.717) is 6.54 Å².